The van der Waals surface area contributed by atoms with Crippen LogP contribution in [0.1, 0.15) is 23.2 Å². The summed E-state index contributed by atoms with van der Waals surface area (Å²) < 4.78 is 56.0. The molecule has 0 aliphatic carbocycles. The van der Waals surface area contributed by atoms with Gasteiger partial charge in [0.25, 0.3) is 0 Å². The molecule has 7 nitrogen and oxygen atoms in total. The molecule has 0 aromatic heterocycles. The third kappa shape index (κ3) is 6.24. The fraction of sp³-hybridized carbons (Fsp3) is 0.263. The standard InChI is InChI=1S/C19H20F2N2O5S/c1-28-19(25)13-5-3-6-14(11-13)22-18(24)7-4-10-23(29(2,26)27)15-8-9-16(20)17(21)12-15/h3,5-6,8-9,11-12H,4,7,10H2,1-2H3,(H,22,24). The molecule has 29 heavy (non-hydrogen) atoms. The number of hydrogen-bond donors (Lipinski definition) is 1. The first-order chi connectivity index (χ1) is 13.6. The second kappa shape index (κ2) is 9.46. The molecule has 1 N–H and O–H groups in total. The lowest BCUT2D eigenvalue weighted by atomic mass is 10.2. The number of carbonyl (C=O) groups is 2. The molecule has 0 unspecified atom stereocenters. The van der Waals surface area contributed by atoms with Crippen molar-refractivity contribution in [2.24, 2.45) is 0 Å². The molecule has 2 aromatic rings. The van der Waals surface area contributed by atoms with E-state index >= 15 is 0 Å². The van der Waals surface area contributed by atoms with Crippen molar-refractivity contribution in [1.29, 1.82) is 0 Å². The van der Waals surface area contributed by atoms with E-state index in [1.54, 1.807) is 12.1 Å². The van der Waals surface area contributed by atoms with E-state index in [-0.39, 0.29) is 30.6 Å². The quantitative estimate of drug-likeness (QED) is 0.655. The van der Waals surface area contributed by atoms with Gasteiger partial charge in [0, 0.05) is 24.7 Å². The Bertz CT molecular complexity index is 1010. The van der Waals surface area contributed by atoms with Crippen LogP contribution in [0.2, 0.25) is 0 Å². The van der Waals surface area contributed by atoms with E-state index in [9.17, 15) is 26.8 Å². The predicted molar refractivity (Wildman–Crippen MR) is 104 cm³/mol. The van der Waals surface area contributed by atoms with Gasteiger partial charge >= 0.3 is 5.97 Å². The minimum absolute atomic E-state index is 0.0296. The Morgan fingerprint density at radius 1 is 1.10 bits per heavy atom. The Hall–Kier alpha value is -3.01. The number of halogens is 2. The minimum atomic E-state index is -3.76. The number of nitrogens with zero attached hydrogens (tertiary/aromatic N) is 1. The number of rotatable bonds is 8. The fourth-order valence-electron chi connectivity index (χ4n) is 2.58. The van der Waals surface area contributed by atoms with E-state index in [1.807, 2.05) is 0 Å². The Morgan fingerprint density at radius 3 is 2.45 bits per heavy atom. The summed E-state index contributed by atoms with van der Waals surface area (Å²) in [6, 6.07) is 8.93. The maximum Gasteiger partial charge on any atom is 0.337 e. The molecule has 0 saturated carbocycles. The lowest BCUT2D eigenvalue weighted by molar-refractivity contribution is -0.116. The van der Waals surface area contributed by atoms with Crippen LogP contribution in [0.25, 0.3) is 0 Å². The predicted octanol–water partition coefficient (Wildman–Crippen LogP) is 2.94. The highest BCUT2D eigenvalue weighted by Gasteiger charge is 2.19. The maximum atomic E-state index is 13.4. The van der Waals surface area contributed by atoms with Gasteiger partial charge in [-0.15, -0.1) is 0 Å². The molecule has 1 amide bonds. The molecule has 0 atom stereocenters. The van der Waals surface area contributed by atoms with Crippen LogP contribution in [0, 0.1) is 11.6 Å². The van der Waals surface area contributed by atoms with E-state index in [2.05, 4.69) is 10.1 Å². The zero-order chi connectivity index (χ0) is 21.6. The molecule has 0 heterocycles. The first-order valence-corrected chi connectivity index (χ1v) is 10.4. The number of amides is 1. The van der Waals surface area contributed by atoms with Crippen LogP contribution in [-0.4, -0.2) is 40.2 Å². The number of sulfonamides is 1. The van der Waals surface area contributed by atoms with Crippen molar-refractivity contribution in [3.05, 3.63) is 59.7 Å². The summed E-state index contributed by atoms with van der Waals surface area (Å²) in [6.45, 7) is -0.0977. The summed E-state index contributed by atoms with van der Waals surface area (Å²) in [5, 5.41) is 2.61. The molecule has 2 rings (SSSR count). The lowest BCUT2D eigenvalue weighted by Crippen LogP contribution is -2.31. The molecule has 156 valence electrons. The molecular weight excluding hydrogens is 406 g/mol. The van der Waals surface area contributed by atoms with E-state index < -0.39 is 33.5 Å². The molecule has 0 aliphatic rings. The summed E-state index contributed by atoms with van der Waals surface area (Å²) in [5.41, 5.74) is 0.628. The Morgan fingerprint density at radius 2 is 1.83 bits per heavy atom. The topological polar surface area (TPSA) is 92.8 Å². The highest BCUT2D eigenvalue weighted by atomic mass is 32.2. The average molecular weight is 426 g/mol. The zero-order valence-electron chi connectivity index (χ0n) is 15.8. The van der Waals surface area contributed by atoms with Crippen LogP contribution in [0.3, 0.4) is 0 Å². The Balaban J connectivity index is 2.00. The normalized spacial score (nSPS) is 11.0. The van der Waals surface area contributed by atoms with Crippen LogP contribution in [-0.2, 0) is 19.6 Å². The molecule has 0 saturated heterocycles. The summed E-state index contributed by atoms with van der Waals surface area (Å²) in [5.74, 6) is -3.20. The molecule has 0 spiro atoms. The number of nitrogens with one attached hydrogen (secondary N) is 1. The van der Waals surface area contributed by atoms with Gasteiger partial charge in [0.05, 0.1) is 24.6 Å². The van der Waals surface area contributed by atoms with E-state index in [1.165, 1.54) is 19.2 Å². The van der Waals surface area contributed by atoms with Crippen LogP contribution in [0.4, 0.5) is 20.2 Å². The first-order valence-electron chi connectivity index (χ1n) is 8.53. The first kappa shape index (κ1) is 22.3. The third-order valence-electron chi connectivity index (χ3n) is 3.92. The van der Waals surface area contributed by atoms with Crippen molar-refractivity contribution in [2.45, 2.75) is 12.8 Å². The maximum absolute atomic E-state index is 13.4. The SMILES string of the molecule is COC(=O)c1cccc(NC(=O)CCCN(c2ccc(F)c(F)c2)S(C)(=O)=O)c1. The second-order valence-electron chi connectivity index (χ2n) is 6.16. The molecule has 0 radical (unpaired) electrons. The van der Waals surface area contributed by atoms with Gasteiger partial charge in [-0.25, -0.2) is 22.0 Å². The number of methoxy groups -OCH3 is 1. The van der Waals surface area contributed by atoms with Gasteiger partial charge < -0.3 is 10.1 Å². The molecule has 0 bridgehead atoms. The van der Waals surface area contributed by atoms with Crippen LogP contribution in [0.5, 0.6) is 0 Å². The van der Waals surface area contributed by atoms with Crippen LogP contribution >= 0.6 is 0 Å². The minimum Gasteiger partial charge on any atom is -0.465 e. The van der Waals surface area contributed by atoms with E-state index in [4.69, 9.17) is 0 Å². The molecule has 0 fully saturated rings. The van der Waals surface area contributed by atoms with Gasteiger partial charge in [-0.2, -0.15) is 0 Å². The summed E-state index contributed by atoms with van der Waals surface area (Å²) in [6.07, 6.45) is 1.04. The van der Waals surface area contributed by atoms with Crippen molar-refractivity contribution in [1.82, 2.24) is 0 Å². The van der Waals surface area contributed by atoms with Gasteiger partial charge in [0.1, 0.15) is 0 Å². The summed E-state index contributed by atoms with van der Waals surface area (Å²) in [7, 11) is -2.52. The number of benzene rings is 2. The van der Waals surface area contributed by atoms with Crippen molar-refractivity contribution >= 4 is 33.3 Å². The van der Waals surface area contributed by atoms with Gasteiger partial charge in [-0.1, -0.05) is 6.07 Å². The number of carbonyl (C=O) groups excluding carboxylic acids is 2. The number of hydrogen-bond acceptors (Lipinski definition) is 5. The summed E-state index contributed by atoms with van der Waals surface area (Å²) >= 11 is 0. The van der Waals surface area contributed by atoms with Crippen LogP contribution in [0.15, 0.2) is 42.5 Å². The Labute approximate surface area is 167 Å². The van der Waals surface area contributed by atoms with Crippen molar-refractivity contribution < 1.29 is 31.5 Å². The highest BCUT2D eigenvalue weighted by molar-refractivity contribution is 7.92. The molecule has 10 heteroatoms. The van der Waals surface area contributed by atoms with E-state index in [0.29, 0.717) is 5.69 Å². The zero-order valence-corrected chi connectivity index (χ0v) is 16.6. The molecular formula is C19H20F2N2O5S. The van der Waals surface area contributed by atoms with Gasteiger partial charge in [-0.3, -0.25) is 9.10 Å². The lowest BCUT2D eigenvalue weighted by Gasteiger charge is -2.22. The summed E-state index contributed by atoms with van der Waals surface area (Å²) in [4.78, 5) is 23.6. The number of ether oxygens (including phenoxy) is 1. The van der Waals surface area contributed by atoms with E-state index in [0.717, 1.165) is 28.8 Å². The Kier molecular flexibility index (Phi) is 7.27. The van der Waals surface area contributed by atoms with Crippen molar-refractivity contribution in [3.8, 4) is 0 Å². The second-order valence-corrected chi connectivity index (χ2v) is 8.06. The fourth-order valence-corrected chi connectivity index (χ4v) is 3.53. The number of anilines is 2. The van der Waals surface area contributed by atoms with Crippen LogP contribution < -0.4 is 9.62 Å². The highest BCUT2D eigenvalue weighted by Crippen LogP contribution is 2.21. The van der Waals surface area contributed by atoms with Gasteiger partial charge in [0.15, 0.2) is 11.6 Å². The monoisotopic (exact) mass is 426 g/mol. The smallest absolute Gasteiger partial charge is 0.337 e. The number of esters is 1. The van der Waals surface area contributed by atoms with Gasteiger partial charge in [-0.05, 0) is 36.8 Å². The average Bonchev–Trinajstić information content (AvgIpc) is 2.66. The molecule has 0 aliphatic heterocycles. The molecule has 2 aromatic carbocycles. The third-order valence-corrected chi connectivity index (χ3v) is 5.12. The van der Waals surface area contributed by atoms with Gasteiger partial charge in [0.2, 0.25) is 15.9 Å². The van der Waals surface area contributed by atoms with Crippen molar-refractivity contribution in [3.63, 3.8) is 0 Å². The largest absolute Gasteiger partial charge is 0.465 e. The van der Waals surface area contributed by atoms with Crippen molar-refractivity contribution in [2.75, 3.05) is 29.5 Å².